The number of carboxylic acids is 1. The summed E-state index contributed by atoms with van der Waals surface area (Å²) in [6, 6.07) is 2.31. The van der Waals surface area contributed by atoms with Crippen molar-refractivity contribution in [3.05, 3.63) is 23.5 Å². The summed E-state index contributed by atoms with van der Waals surface area (Å²) < 4.78 is 13.6. The number of nitrogen functional groups attached to an aromatic ring is 1. The summed E-state index contributed by atoms with van der Waals surface area (Å²) in [5, 5.41) is 11.9. The van der Waals surface area contributed by atoms with Gasteiger partial charge in [0, 0.05) is 6.54 Å². The summed E-state index contributed by atoms with van der Waals surface area (Å²) in [7, 11) is 0. The van der Waals surface area contributed by atoms with Crippen LogP contribution in [0.4, 0.5) is 15.8 Å². The maximum Gasteiger partial charge on any atom is 0.338 e. The Morgan fingerprint density at radius 1 is 1.29 bits per heavy atom. The first kappa shape index (κ1) is 17.3. The number of hydrogen-bond donors (Lipinski definition) is 3. The molecule has 5 heteroatoms. The molecule has 0 aliphatic heterocycles. The molecule has 0 aliphatic carbocycles. The van der Waals surface area contributed by atoms with Crippen LogP contribution in [0, 0.1) is 11.7 Å². The number of rotatable bonds is 9. The zero-order valence-corrected chi connectivity index (χ0v) is 12.8. The van der Waals surface area contributed by atoms with Crippen molar-refractivity contribution in [2.24, 2.45) is 5.92 Å². The van der Waals surface area contributed by atoms with Crippen LogP contribution in [-0.2, 0) is 0 Å². The predicted molar refractivity (Wildman–Crippen MR) is 84.2 cm³/mol. The average molecular weight is 296 g/mol. The third-order valence-corrected chi connectivity index (χ3v) is 3.39. The van der Waals surface area contributed by atoms with Gasteiger partial charge in [0.15, 0.2) is 0 Å². The molecule has 1 rings (SSSR count). The smallest absolute Gasteiger partial charge is 0.338 e. The molecule has 118 valence electrons. The average Bonchev–Trinajstić information content (AvgIpc) is 2.40. The van der Waals surface area contributed by atoms with E-state index < -0.39 is 17.3 Å². The van der Waals surface area contributed by atoms with Gasteiger partial charge in [0.2, 0.25) is 0 Å². The third-order valence-electron chi connectivity index (χ3n) is 3.39. The molecule has 0 saturated carbocycles. The van der Waals surface area contributed by atoms with Crippen molar-refractivity contribution in [1.29, 1.82) is 0 Å². The molecule has 4 N–H and O–H groups in total. The lowest BCUT2D eigenvalue weighted by atomic mass is 10.0. The Labute approximate surface area is 125 Å². The molecule has 0 heterocycles. The highest BCUT2D eigenvalue weighted by atomic mass is 19.1. The van der Waals surface area contributed by atoms with E-state index in [1.807, 2.05) is 0 Å². The highest BCUT2D eigenvalue weighted by molar-refractivity contribution is 5.90. The highest BCUT2D eigenvalue weighted by Gasteiger charge is 2.13. The van der Waals surface area contributed by atoms with E-state index in [4.69, 9.17) is 10.8 Å². The van der Waals surface area contributed by atoms with Crippen molar-refractivity contribution in [3.63, 3.8) is 0 Å². The van der Waals surface area contributed by atoms with E-state index in [9.17, 15) is 9.18 Å². The Balaban J connectivity index is 2.36. The van der Waals surface area contributed by atoms with Crippen molar-refractivity contribution >= 4 is 17.3 Å². The van der Waals surface area contributed by atoms with E-state index in [0.29, 0.717) is 12.2 Å². The second kappa shape index (κ2) is 8.49. The van der Waals surface area contributed by atoms with Crippen LogP contribution >= 0.6 is 0 Å². The van der Waals surface area contributed by atoms with E-state index in [0.717, 1.165) is 30.9 Å². The van der Waals surface area contributed by atoms with Gasteiger partial charge in [-0.3, -0.25) is 0 Å². The first-order valence-corrected chi connectivity index (χ1v) is 7.48. The Hall–Kier alpha value is -1.78. The summed E-state index contributed by atoms with van der Waals surface area (Å²) >= 11 is 0. The summed E-state index contributed by atoms with van der Waals surface area (Å²) in [6.07, 6.45) is 5.79. The molecular weight excluding hydrogens is 271 g/mol. The van der Waals surface area contributed by atoms with Gasteiger partial charge >= 0.3 is 5.97 Å². The number of unbranched alkanes of at least 4 members (excludes halogenated alkanes) is 3. The van der Waals surface area contributed by atoms with Crippen LogP contribution in [0.3, 0.4) is 0 Å². The van der Waals surface area contributed by atoms with Crippen LogP contribution < -0.4 is 11.1 Å². The minimum atomic E-state index is -1.31. The van der Waals surface area contributed by atoms with Gasteiger partial charge in [-0.25, -0.2) is 9.18 Å². The molecule has 0 saturated heterocycles. The van der Waals surface area contributed by atoms with Gasteiger partial charge in [-0.05, 0) is 24.5 Å². The predicted octanol–water partition coefficient (Wildman–Crippen LogP) is 4.12. The molecule has 0 radical (unpaired) electrons. The molecule has 1 aromatic carbocycles. The SMILES string of the molecule is CC(C)CCCCCCNc1cc(F)c(C(=O)O)cc1N. The van der Waals surface area contributed by atoms with Gasteiger partial charge in [0.1, 0.15) is 5.82 Å². The zero-order chi connectivity index (χ0) is 15.8. The Morgan fingerprint density at radius 3 is 2.57 bits per heavy atom. The number of aromatic carboxylic acids is 1. The number of anilines is 2. The number of carboxylic acid groups (broad SMARTS) is 1. The summed E-state index contributed by atoms with van der Waals surface area (Å²) in [4.78, 5) is 10.8. The summed E-state index contributed by atoms with van der Waals surface area (Å²) in [5.41, 5.74) is 6.05. The summed E-state index contributed by atoms with van der Waals surface area (Å²) in [5.74, 6) is -1.33. The zero-order valence-electron chi connectivity index (χ0n) is 12.8. The van der Waals surface area contributed by atoms with E-state index in [2.05, 4.69) is 19.2 Å². The van der Waals surface area contributed by atoms with E-state index in [1.165, 1.54) is 19.3 Å². The Bertz CT molecular complexity index is 476. The van der Waals surface area contributed by atoms with Crippen molar-refractivity contribution in [3.8, 4) is 0 Å². The molecule has 0 fully saturated rings. The molecule has 0 aromatic heterocycles. The molecule has 0 aliphatic rings. The monoisotopic (exact) mass is 296 g/mol. The van der Waals surface area contributed by atoms with E-state index >= 15 is 0 Å². The standard InChI is InChI=1S/C16H25FN2O2/c1-11(2)7-5-3-4-6-8-19-15-10-13(17)12(16(20)21)9-14(15)18/h9-11,19H,3-8,18H2,1-2H3,(H,20,21). The van der Waals surface area contributed by atoms with Crippen LogP contribution in [0.2, 0.25) is 0 Å². The van der Waals surface area contributed by atoms with Gasteiger partial charge in [0.05, 0.1) is 16.9 Å². The maximum atomic E-state index is 13.6. The summed E-state index contributed by atoms with van der Waals surface area (Å²) in [6.45, 7) is 5.15. The van der Waals surface area contributed by atoms with Gasteiger partial charge in [-0.15, -0.1) is 0 Å². The molecule has 4 nitrogen and oxygen atoms in total. The van der Waals surface area contributed by atoms with Crippen molar-refractivity contribution in [2.45, 2.75) is 46.0 Å². The number of halogens is 1. The molecule has 0 unspecified atom stereocenters. The van der Waals surface area contributed by atoms with Crippen LogP contribution in [0.25, 0.3) is 0 Å². The van der Waals surface area contributed by atoms with Gasteiger partial charge < -0.3 is 16.2 Å². The lowest BCUT2D eigenvalue weighted by Gasteiger charge is -2.11. The first-order chi connectivity index (χ1) is 9.91. The minimum absolute atomic E-state index is 0.258. The fourth-order valence-corrected chi connectivity index (χ4v) is 2.16. The van der Waals surface area contributed by atoms with Crippen LogP contribution in [0.5, 0.6) is 0 Å². The van der Waals surface area contributed by atoms with E-state index in [-0.39, 0.29) is 5.69 Å². The molecule has 21 heavy (non-hydrogen) atoms. The Kier molecular flexibility index (Phi) is 6.99. The maximum absolute atomic E-state index is 13.6. The van der Waals surface area contributed by atoms with Crippen LogP contribution in [-0.4, -0.2) is 17.6 Å². The van der Waals surface area contributed by atoms with Gasteiger partial charge in [0.25, 0.3) is 0 Å². The normalized spacial score (nSPS) is 10.9. The van der Waals surface area contributed by atoms with Gasteiger partial charge in [-0.2, -0.15) is 0 Å². The molecule has 0 bridgehead atoms. The Morgan fingerprint density at radius 2 is 1.95 bits per heavy atom. The van der Waals surface area contributed by atoms with E-state index in [1.54, 1.807) is 0 Å². The van der Waals surface area contributed by atoms with Crippen LogP contribution in [0.1, 0.15) is 56.3 Å². The highest BCUT2D eigenvalue weighted by Crippen LogP contribution is 2.23. The second-order valence-electron chi connectivity index (χ2n) is 5.75. The lowest BCUT2D eigenvalue weighted by molar-refractivity contribution is 0.0692. The number of carbonyl (C=O) groups is 1. The third kappa shape index (κ3) is 6.02. The number of hydrogen-bond acceptors (Lipinski definition) is 3. The molecule has 0 amide bonds. The second-order valence-corrected chi connectivity index (χ2v) is 5.75. The number of nitrogens with two attached hydrogens (primary N) is 1. The molecular formula is C16H25FN2O2. The quantitative estimate of drug-likeness (QED) is 0.473. The van der Waals surface area contributed by atoms with Crippen molar-refractivity contribution in [1.82, 2.24) is 0 Å². The topological polar surface area (TPSA) is 75.3 Å². The minimum Gasteiger partial charge on any atom is -0.478 e. The first-order valence-electron chi connectivity index (χ1n) is 7.48. The van der Waals surface area contributed by atoms with Crippen molar-refractivity contribution in [2.75, 3.05) is 17.6 Å². The number of benzene rings is 1. The molecule has 1 aromatic rings. The van der Waals surface area contributed by atoms with Gasteiger partial charge in [-0.1, -0.05) is 39.5 Å². The fraction of sp³-hybridized carbons (Fsp3) is 0.562. The largest absolute Gasteiger partial charge is 0.478 e. The number of nitrogens with one attached hydrogen (secondary N) is 1. The lowest BCUT2D eigenvalue weighted by Crippen LogP contribution is -2.08. The molecule has 0 spiro atoms. The molecule has 0 atom stereocenters. The van der Waals surface area contributed by atoms with Crippen LogP contribution in [0.15, 0.2) is 12.1 Å². The fourth-order valence-electron chi connectivity index (χ4n) is 2.16. The van der Waals surface area contributed by atoms with Crippen molar-refractivity contribution < 1.29 is 14.3 Å².